The first-order valence-electron chi connectivity index (χ1n) is 5.57. The molecule has 0 spiro atoms. The molecule has 0 amide bonds. The number of halogens is 1. The number of ether oxygens (including phenoxy) is 1. The first-order valence-corrected chi connectivity index (χ1v) is 6.76. The summed E-state index contributed by atoms with van der Waals surface area (Å²) in [5.74, 6) is 0.194. The highest BCUT2D eigenvalue weighted by Gasteiger charge is 2.16. The maximum Gasteiger partial charge on any atom is 0.347 e. The number of hydrogen-bond acceptors (Lipinski definition) is 3. The highest BCUT2D eigenvalue weighted by Crippen LogP contribution is 2.37. The summed E-state index contributed by atoms with van der Waals surface area (Å²) < 4.78 is 6.43. The van der Waals surface area contributed by atoms with E-state index in [1.165, 1.54) is 11.3 Å². The molecule has 1 heterocycles. The van der Waals surface area contributed by atoms with Crippen molar-refractivity contribution in [2.24, 2.45) is 5.92 Å². The number of carboxylic acid groups (broad SMARTS) is 1. The molecule has 18 heavy (non-hydrogen) atoms. The molecule has 0 fully saturated rings. The summed E-state index contributed by atoms with van der Waals surface area (Å²) >= 11 is 7.19. The van der Waals surface area contributed by atoms with E-state index in [0.717, 1.165) is 15.8 Å². The van der Waals surface area contributed by atoms with Gasteiger partial charge in [-0.05, 0) is 24.1 Å². The molecule has 0 aliphatic rings. The minimum Gasteiger partial charge on any atom is -0.493 e. The number of fused-ring (bicyclic) bond motifs is 1. The lowest BCUT2D eigenvalue weighted by molar-refractivity contribution is 0.0702. The molecule has 2 aromatic rings. The SMILES string of the molecule is CC(C)COc1ccc2c(Cl)c(C(=O)O)sc2c1. The molecule has 1 N–H and O–H groups in total. The summed E-state index contributed by atoms with van der Waals surface area (Å²) in [7, 11) is 0. The Balaban J connectivity index is 2.37. The van der Waals surface area contributed by atoms with Crippen molar-refractivity contribution in [3.8, 4) is 5.75 Å². The van der Waals surface area contributed by atoms with Gasteiger partial charge in [0.25, 0.3) is 0 Å². The quantitative estimate of drug-likeness (QED) is 0.911. The van der Waals surface area contributed by atoms with Crippen LogP contribution in [-0.2, 0) is 0 Å². The van der Waals surface area contributed by atoms with Gasteiger partial charge in [0.05, 0.1) is 11.6 Å². The van der Waals surface area contributed by atoms with E-state index in [9.17, 15) is 4.79 Å². The van der Waals surface area contributed by atoms with E-state index >= 15 is 0 Å². The van der Waals surface area contributed by atoms with Gasteiger partial charge in [0.15, 0.2) is 0 Å². The van der Waals surface area contributed by atoms with Crippen LogP contribution in [0, 0.1) is 5.92 Å². The molecule has 0 atom stereocenters. The Morgan fingerprint density at radius 3 is 2.83 bits per heavy atom. The van der Waals surface area contributed by atoms with Crippen molar-refractivity contribution in [1.29, 1.82) is 0 Å². The summed E-state index contributed by atoms with van der Waals surface area (Å²) in [5, 5.41) is 10.1. The van der Waals surface area contributed by atoms with Crippen molar-refractivity contribution in [3.63, 3.8) is 0 Å². The second-order valence-electron chi connectivity index (χ2n) is 4.41. The third-order valence-electron chi connectivity index (χ3n) is 2.38. The van der Waals surface area contributed by atoms with Crippen LogP contribution in [0.2, 0.25) is 5.02 Å². The van der Waals surface area contributed by atoms with Crippen LogP contribution in [0.3, 0.4) is 0 Å². The van der Waals surface area contributed by atoms with Gasteiger partial charge in [-0.3, -0.25) is 0 Å². The molecule has 0 unspecified atom stereocenters. The number of carbonyl (C=O) groups is 1. The van der Waals surface area contributed by atoms with E-state index in [-0.39, 0.29) is 4.88 Å². The zero-order chi connectivity index (χ0) is 13.3. The third-order valence-corrected chi connectivity index (χ3v) is 4.02. The van der Waals surface area contributed by atoms with Crippen LogP contribution < -0.4 is 4.74 Å². The average Bonchev–Trinajstić information content (AvgIpc) is 2.64. The topological polar surface area (TPSA) is 46.5 Å². The first kappa shape index (κ1) is 13.2. The highest BCUT2D eigenvalue weighted by atomic mass is 35.5. The second kappa shape index (κ2) is 5.16. The van der Waals surface area contributed by atoms with Crippen molar-refractivity contribution in [2.75, 3.05) is 6.61 Å². The fourth-order valence-corrected chi connectivity index (χ4v) is 2.92. The molecule has 2 rings (SSSR count). The lowest BCUT2D eigenvalue weighted by Crippen LogP contribution is -2.04. The van der Waals surface area contributed by atoms with Gasteiger partial charge in [-0.15, -0.1) is 11.3 Å². The summed E-state index contributed by atoms with van der Waals surface area (Å²) in [5.41, 5.74) is 0. The van der Waals surface area contributed by atoms with E-state index in [1.54, 1.807) is 6.07 Å². The number of thiophene rings is 1. The molecule has 96 valence electrons. The maximum absolute atomic E-state index is 11.0. The van der Waals surface area contributed by atoms with Crippen molar-refractivity contribution in [2.45, 2.75) is 13.8 Å². The summed E-state index contributed by atoms with van der Waals surface area (Å²) in [6.45, 7) is 4.78. The van der Waals surface area contributed by atoms with E-state index in [4.69, 9.17) is 21.4 Å². The molecular formula is C13H13ClO3S. The fourth-order valence-electron chi connectivity index (χ4n) is 1.54. The minimum atomic E-state index is -0.995. The first-order chi connectivity index (χ1) is 8.49. The minimum absolute atomic E-state index is 0.174. The molecule has 0 saturated heterocycles. The molecular weight excluding hydrogens is 272 g/mol. The Labute approximate surface area is 114 Å². The predicted octanol–water partition coefficient (Wildman–Crippen LogP) is 4.29. The Bertz CT molecular complexity index is 589. The molecule has 3 nitrogen and oxygen atoms in total. The zero-order valence-electron chi connectivity index (χ0n) is 10.1. The monoisotopic (exact) mass is 284 g/mol. The molecule has 0 radical (unpaired) electrons. The lowest BCUT2D eigenvalue weighted by atomic mass is 10.2. The number of rotatable bonds is 4. The van der Waals surface area contributed by atoms with Gasteiger partial charge in [0.1, 0.15) is 10.6 Å². The van der Waals surface area contributed by atoms with Crippen LogP contribution in [-0.4, -0.2) is 17.7 Å². The van der Waals surface area contributed by atoms with Gasteiger partial charge in [-0.2, -0.15) is 0 Å². The number of benzene rings is 1. The normalized spacial score (nSPS) is 11.1. The van der Waals surface area contributed by atoms with Gasteiger partial charge >= 0.3 is 5.97 Å². The van der Waals surface area contributed by atoms with E-state index in [2.05, 4.69) is 13.8 Å². The number of carboxylic acids is 1. The second-order valence-corrected chi connectivity index (χ2v) is 5.84. The van der Waals surface area contributed by atoms with Gasteiger partial charge in [0.2, 0.25) is 0 Å². The Morgan fingerprint density at radius 2 is 2.22 bits per heavy atom. The molecule has 0 aliphatic carbocycles. The lowest BCUT2D eigenvalue weighted by Gasteiger charge is -2.08. The Hall–Kier alpha value is -1.26. The van der Waals surface area contributed by atoms with Gasteiger partial charge in [0, 0.05) is 10.1 Å². The van der Waals surface area contributed by atoms with Gasteiger partial charge in [-0.25, -0.2) is 4.79 Å². The van der Waals surface area contributed by atoms with Crippen molar-refractivity contribution >= 4 is 39.0 Å². The average molecular weight is 285 g/mol. The van der Waals surface area contributed by atoms with Crippen molar-refractivity contribution in [1.82, 2.24) is 0 Å². The fraction of sp³-hybridized carbons (Fsp3) is 0.308. The largest absolute Gasteiger partial charge is 0.493 e. The maximum atomic E-state index is 11.0. The van der Waals surface area contributed by atoms with E-state index < -0.39 is 5.97 Å². The van der Waals surface area contributed by atoms with Crippen molar-refractivity contribution in [3.05, 3.63) is 28.1 Å². The van der Waals surface area contributed by atoms with Crippen LogP contribution in [0.1, 0.15) is 23.5 Å². The zero-order valence-corrected chi connectivity index (χ0v) is 11.6. The molecule has 1 aromatic heterocycles. The Morgan fingerprint density at radius 1 is 1.50 bits per heavy atom. The van der Waals surface area contributed by atoms with E-state index in [1.807, 2.05) is 12.1 Å². The summed E-state index contributed by atoms with van der Waals surface area (Å²) in [6.07, 6.45) is 0. The summed E-state index contributed by atoms with van der Waals surface area (Å²) in [6, 6.07) is 5.45. The van der Waals surface area contributed by atoms with Crippen LogP contribution in [0.15, 0.2) is 18.2 Å². The molecule has 0 bridgehead atoms. The number of aromatic carboxylic acids is 1. The summed E-state index contributed by atoms with van der Waals surface area (Å²) in [4.78, 5) is 11.2. The molecule has 5 heteroatoms. The highest BCUT2D eigenvalue weighted by molar-refractivity contribution is 7.21. The van der Waals surface area contributed by atoms with Crippen LogP contribution in [0.5, 0.6) is 5.75 Å². The molecule has 0 saturated carbocycles. The van der Waals surface area contributed by atoms with Gasteiger partial charge in [-0.1, -0.05) is 25.4 Å². The predicted molar refractivity (Wildman–Crippen MR) is 74.1 cm³/mol. The van der Waals surface area contributed by atoms with Crippen molar-refractivity contribution < 1.29 is 14.6 Å². The van der Waals surface area contributed by atoms with E-state index in [0.29, 0.717) is 17.5 Å². The van der Waals surface area contributed by atoms with Gasteiger partial charge < -0.3 is 9.84 Å². The third kappa shape index (κ3) is 2.60. The molecule has 0 aliphatic heterocycles. The smallest absolute Gasteiger partial charge is 0.347 e. The Kier molecular flexibility index (Phi) is 3.78. The van der Waals surface area contributed by atoms with Crippen LogP contribution >= 0.6 is 22.9 Å². The standard InChI is InChI=1S/C13H13ClO3S/c1-7(2)6-17-8-3-4-9-10(5-8)18-12(11(9)14)13(15)16/h3-5,7H,6H2,1-2H3,(H,15,16). The molecule has 1 aromatic carbocycles. The van der Waals surface area contributed by atoms with Crippen LogP contribution in [0.4, 0.5) is 0 Å². The number of hydrogen-bond donors (Lipinski definition) is 1. The van der Waals surface area contributed by atoms with Crippen LogP contribution in [0.25, 0.3) is 10.1 Å².